The second-order valence-electron chi connectivity index (χ2n) is 7.38. The number of carbonyl (C=O) groups excluding carboxylic acids is 2. The zero-order chi connectivity index (χ0) is 22.0. The van der Waals surface area contributed by atoms with Gasteiger partial charge in [0.15, 0.2) is 17.4 Å². The standard InChI is InChI=1S/C23H21F3N2O2/c1-14-8-15(4-6-19(14)24)9-17-12-28(23(30)27(2)3)13-18(22(17)29)10-16-5-7-20(25)21(26)11-16/h4-11H,12-13H2,1-3H3/b17-9+,18-10+. The first-order valence-electron chi connectivity index (χ1n) is 9.29. The van der Waals surface area contributed by atoms with Crippen LogP contribution in [0, 0.1) is 24.4 Å². The van der Waals surface area contributed by atoms with Gasteiger partial charge in [-0.3, -0.25) is 4.79 Å². The lowest BCUT2D eigenvalue weighted by Crippen LogP contribution is -2.46. The van der Waals surface area contributed by atoms with Crippen LogP contribution >= 0.6 is 0 Å². The van der Waals surface area contributed by atoms with Crippen LogP contribution in [0.2, 0.25) is 0 Å². The first-order valence-corrected chi connectivity index (χ1v) is 9.29. The molecule has 0 N–H and O–H groups in total. The number of urea groups is 1. The summed E-state index contributed by atoms with van der Waals surface area (Å²) < 4.78 is 40.4. The molecule has 0 aromatic heterocycles. The van der Waals surface area contributed by atoms with E-state index in [0.29, 0.717) is 22.3 Å². The number of piperidine rings is 1. The van der Waals surface area contributed by atoms with Gasteiger partial charge in [-0.1, -0.05) is 12.1 Å². The van der Waals surface area contributed by atoms with Crippen molar-refractivity contribution >= 4 is 24.0 Å². The lowest BCUT2D eigenvalue weighted by atomic mass is 9.94. The molecule has 156 valence electrons. The molecule has 1 heterocycles. The number of ketones is 1. The summed E-state index contributed by atoms with van der Waals surface area (Å²) in [5.74, 6) is -2.66. The number of nitrogens with zero attached hydrogens (tertiary/aromatic N) is 2. The van der Waals surface area contributed by atoms with Crippen molar-refractivity contribution in [3.63, 3.8) is 0 Å². The van der Waals surface area contributed by atoms with Crippen molar-refractivity contribution in [3.05, 3.63) is 81.7 Å². The summed E-state index contributed by atoms with van der Waals surface area (Å²) in [6.45, 7) is 1.74. The smallest absolute Gasteiger partial charge is 0.320 e. The molecule has 2 aromatic rings. The van der Waals surface area contributed by atoms with E-state index in [1.54, 1.807) is 39.2 Å². The van der Waals surface area contributed by atoms with Crippen LogP contribution in [0.1, 0.15) is 16.7 Å². The van der Waals surface area contributed by atoms with Crippen LogP contribution in [0.15, 0.2) is 47.5 Å². The molecule has 0 aliphatic carbocycles. The van der Waals surface area contributed by atoms with E-state index in [9.17, 15) is 22.8 Å². The van der Waals surface area contributed by atoms with Crippen molar-refractivity contribution in [3.8, 4) is 0 Å². The average Bonchev–Trinajstić information content (AvgIpc) is 2.69. The maximum absolute atomic E-state index is 13.6. The largest absolute Gasteiger partial charge is 0.331 e. The van der Waals surface area contributed by atoms with Gasteiger partial charge in [0, 0.05) is 25.2 Å². The molecule has 0 spiro atoms. The molecule has 1 fully saturated rings. The zero-order valence-corrected chi connectivity index (χ0v) is 16.9. The summed E-state index contributed by atoms with van der Waals surface area (Å²) in [7, 11) is 3.20. The normalized spacial score (nSPS) is 17.0. The third-order valence-electron chi connectivity index (χ3n) is 4.77. The van der Waals surface area contributed by atoms with Crippen LogP contribution in [0.25, 0.3) is 12.2 Å². The minimum absolute atomic E-state index is 0.0363. The van der Waals surface area contributed by atoms with Gasteiger partial charge >= 0.3 is 6.03 Å². The van der Waals surface area contributed by atoms with Crippen LogP contribution in [-0.2, 0) is 4.79 Å². The number of aryl methyl sites for hydroxylation is 1. The van der Waals surface area contributed by atoms with Gasteiger partial charge in [0.25, 0.3) is 0 Å². The average molecular weight is 414 g/mol. The predicted molar refractivity (Wildman–Crippen MR) is 109 cm³/mol. The Morgan fingerprint density at radius 3 is 1.93 bits per heavy atom. The van der Waals surface area contributed by atoms with Crippen molar-refractivity contribution < 1.29 is 22.8 Å². The highest BCUT2D eigenvalue weighted by molar-refractivity contribution is 6.15. The van der Waals surface area contributed by atoms with Crippen LogP contribution in [0.5, 0.6) is 0 Å². The highest BCUT2D eigenvalue weighted by Gasteiger charge is 2.30. The van der Waals surface area contributed by atoms with E-state index in [1.165, 1.54) is 28.0 Å². The molecule has 4 nitrogen and oxygen atoms in total. The van der Waals surface area contributed by atoms with Gasteiger partial charge in [-0.15, -0.1) is 0 Å². The summed E-state index contributed by atoms with van der Waals surface area (Å²) >= 11 is 0. The SMILES string of the molecule is Cc1cc(/C=C2\CN(C(=O)N(C)C)C/C(=C\c3ccc(F)c(F)c3)C2=O)ccc1F. The number of carbonyl (C=O) groups is 2. The van der Waals surface area contributed by atoms with E-state index in [-0.39, 0.29) is 36.3 Å². The summed E-state index contributed by atoms with van der Waals surface area (Å²) in [5, 5.41) is 0. The fourth-order valence-electron chi connectivity index (χ4n) is 3.22. The Morgan fingerprint density at radius 1 is 0.900 bits per heavy atom. The molecule has 2 aromatic carbocycles. The Balaban J connectivity index is 2.03. The molecule has 30 heavy (non-hydrogen) atoms. The number of Topliss-reactive ketones (excluding diaryl/α,β-unsaturated/α-hetero) is 1. The molecule has 0 radical (unpaired) electrons. The molecule has 1 saturated heterocycles. The van der Waals surface area contributed by atoms with E-state index in [0.717, 1.165) is 12.1 Å². The molecule has 0 unspecified atom stereocenters. The van der Waals surface area contributed by atoms with Gasteiger partial charge in [0.05, 0.1) is 13.1 Å². The van der Waals surface area contributed by atoms with E-state index >= 15 is 0 Å². The molecule has 0 atom stereocenters. The third kappa shape index (κ3) is 4.62. The topological polar surface area (TPSA) is 40.6 Å². The molecule has 7 heteroatoms. The summed E-state index contributed by atoms with van der Waals surface area (Å²) in [6, 6.07) is 7.52. The number of amides is 2. The molecule has 3 rings (SSSR count). The first-order chi connectivity index (χ1) is 14.2. The van der Waals surface area contributed by atoms with Crippen LogP contribution < -0.4 is 0 Å². The molecule has 2 amide bonds. The monoisotopic (exact) mass is 414 g/mol. The Hall–Kier alpha value is -3.35. The van der Waals surface area contributed by atoms with Crippen LogP contribution in [-0.4, -0.2) is 48.8 Å². The lowest BCUT2D eigenvalue weighted by Gasteiger charge is -2.32. The number of likely N-dealkylation sites (tertiary alicyclic amines) is 1. The Bertz CT molecular complexity index is 1000. The Labute approximate surface area is 172 Å². The van der Waals surface area contributed by atoms with Crippen molar-refractivity contribution in [2.75, 3.05) is 27.2 Å². The van der Waals surface area contributed by atoms with Crippen LogP contribution in [0.3, 0.4) is 0 Å². The Kier molecular flexibility index (Phi) is 6.10. The van der Waals surface area contributed by atoms with Crippen LogP contribution in [0.4, 0.5) is 18.0 Å². The van der Waals surface area contributed by atoms with Gasteiger partial charge in [-0.25, -0.2) is 18.0 Å². The zero-order valence-electron chi connectivity index (χ0n) is 16.9. The van der Waals surface area contributed by atoms with Crippen molar-refractivity contribution in [1.29, 1.82) is 0 Å². The summed E-state index contributed by atoms with van der Waals surface area (Å²) in [4.78, 5) is 28.4. The quantitative estimate of drug-likeness (QED) is 0.682. The van der Waals surface area contributed by atoms with E-state index in [1.807, 2.05) is 0 Å². The number of hydrogen-bond donors (Lipinski definition) is 0. The fraction of sp³-hybridized carbons (Fsp3) is 0.217. The van der Waals surface area contributed by atoms with Crippen molar-refractivity contribution in [2.24, 2.45) is 0 Å². The molecular formula is C23H21F3N2O2. The van der Waals surface area contributed by atoms with Gasteiger partial charge < -0.3 is 9.80 Å². The minimum Gasteiger partial charge on any atom is -0.331 e. The van der Waals surface area contributed by atoms with Gasteiger partial charge in [-0.05, 0) is 60.0 Å². The van der Waals surface area contributed by atoms with Crippen molar-refractivity contribution in [1.82, 2.24) is 9.80 Å². The number of rotatable bonds is 2. The fourth-order valence-corrected chi connectivity index (χ4v) is 3.22. The molecule has 0 saturated carbocycles. The minimum atomic E-state index is -1.02. The maximum Gasteiger partial charge on any atom is 0.320 e. The number of halogens is 3. The summed E-state index contributed by atoms with van der Waals surface area (Å²) in [6.07, 6.45) is 3.06. The predicted octanol–water partition coefficient (Wildman–Crippen LogP) is 4.45. The molecule has 1 aliphatic rings. The number of hydrogen-bond acceptors (Lipinski definition) is 2. The van der Waals surface area contributed by atoms with E-state index < -0.39 is 11.6 Å². The van der Waals surface area contributed by atoms with Gasteiger partial charge in [0.1, 0.15) is 5.82 Å². The van der Waals surface area contributed by atoms with Crippen molar-refractivity contribution in [2.45, 2.75) is 6.92 Å². The summed E-state index contributed by atoms with van der Waals surface area (Å²) in [5.41, 5.74) is 1.99. The third-order valence-corrected chi connectivity index (χ3v) is 4.77. The van der Waals surface area contributed by atoms with Gasteiger partial charge in [-0.2, -0.15) is 0 Å². The molecule has 0 bridgehead atoms. The number of benzene rings is 2. The van der Waals surface area contributed by atoms with Gasteiger partial charge in [0.2, 0.25) is 0 Å². The molecule has 1 aliphatic heterocycles. The highest BCUT2D eigenvalue weighted by atomic mass is 19.2. The van der Waals surface area contributed by atoms with E-state index in [4.69, 9.17) is 0 Å². The van der Waals surface area contributed by atoms with E-state index in [2.05, 4.69) is 0 Å². The molecular weight excluding hydrogens is 393 g/mol. The highest BCUT2D eigenvalue weighted by Crippen LogP contribution is 2.24. The second kappa shape index (κ2) is 8.57. The lowest BCUT2D eigenvalue weighted by molar-refractivity contribution is -0.113. The maximum atomic E-state index is 13.6. The second-order valence-corrected chi connectivity index (χ2v) is 7.38. The Morgan fingerprint density at radius 2 is 1.43 bits per heavy atom. The first kappa shape index (κ1) is 21.4.